The molecule has 0 fully saturated rings. The molecule has 1 aromatic heterocycles. The molecule has 20 heavy (non-hydrogen) atoms. The molecule has 0 aliphatic heterocycles. The summed E-state index contributed by atoms with van der Waals surface area (Å²) in [6.07, 6.45) is 0. The number of rotatable bonds is 3. The van der Waals surface area contributed by atoms with Crippen LogP contribution in [-0.4, -0.2) is 14.9 Å². The van der Waals surface area contributed by atoms with Crippen molar-refractivity contribution in [2.75, 3.05) is 0 Å². The third kappa shape index (κ3) is 2.32. The van der Waals surface area contributed by atoms with Crippen LogP contribution in [-0.2, 0) is 13.7 Å². The summed E-state index contributed by atoms with van der Waals surface area (Å²) in [5, 5.41) is 16.3. The SMILES string of the molecule is Cc1cc(COc2cc3ccccc3cc2O)n(C)n1. The van der Waals surface area contributed by atoms with Gasteiger partial charge in [-0.1, -0.05) is 24.3 Å². The van der Waals surface area contributed by atoms with Crippen molar-refractivity contribution in [2.45, 2.75) is 13.5 Å². The maximum atomic E-state index is 10.0. The van der Waals surface area contributed by atoms with E-state index >= 15 is 0 Å². The van der Waals surface area contributed by atoms with E-state index in [1.165, 1.54) is 0 Å². The van der Waals surface area contributed by atoms with Crippen LogP contribution in [0, 0.1) is 6.92 Å². The van der Waals surface area contributed by atoms with Gasteiger partial charge in [0.15, 0.2) is 11.5 Å². The molecule has 3 aromatic rings. The van der Waals surface area contributed by atoms with Gasteiger partial charge in [0.1, 0.15) is 6.61 Å². The predicted octanol–water partition coefficient (Wildman–Crippen LogP) is 3.17. The maximum absolute atomic E-state index is 10.0. The number of nitrogens with zero attached hydrogens (tertiary/aromatic N) is 2. The van der Waals surface area contributed by atoms with E-state index in [1.807, 2.05) is 50.4 Å². The monoisotopic (exact) mass is 268 g/mol. The summed E-state index contributed by atoms with van der Waals surface area (Å²) in [5.74, 6) is 0.644. The number of hydrogen-bond donors (Lipinski definition) is 1. The number of hydrogen-bond acceptors (Lipinski definition) is 3. The van der Waals surface area contributed by atoms with Crippen molar-refractivity contribution in [1.29, 1.82) is 0 Å². The number of aryl methyl sites for hydroxylation is 2. The predicted molar refractivity (Wildman–Crippen MR) is 77.9 cm³/mol. The molecule has 4 heteroatoms. The molecule has 0 bridgehead atoms. The lowest BCUT2D eigenvalue weighted by molar-refractivity contribution is 0.280. The molecule has 0 amide bonds. The molecule has 0 aliphatic rings. The van der Waals surface area contributed by atoms with Crippen LogP contribution < -0.4 is 4.74 Å². The first-order chi connectivity index (χ1) is 9.63. The molecule has 0 unspecified atom stereocenters. The Kier molecular flexibility index (Phi) is 3.06. The largest absolute Gasteiger partial charge is 0.504 e. The highest BCUT2D eigenvalue weighted by Crippen LogP contribution is 2.31. The third-order valence-electron chi connectivity index (χ3n) is 3.30. The summed E-state index contributed by atoms with van der Waals surface area (Å²) in [7, 11) is 1.88. The first-order valence-corrected chi connectivity index (χ1v) is 6.47. The molecular formula is C16H16N2O2. The molecule has 0 spiro atoms. The molecule has 0 saturated heterocycles. The Morgan fingerprint density at radius 2 is 1.85 bits per heavy atom. The van der Waals surface area contributed by atoms with Gasteiger partial charge < -0.3 is 9.84 Å². The van der Waals surface area contributed by atoms with Crippen molar-refractivity contribution < 1.29 is 9.84 Å². The Morgan fingerprint density at radius 3 is 2.50 bits per heavy atom. The summed E-state index contributed by atoms with van der Waals surface area (Å²) in [4.78, 5) is 0. The van der Waals surface area contributed by atoms with Crippen LogP contribution in [0.2, 0.25) is 0 Å². The summed E-state index contributed by atoms with van der Waals surface area (Å²) in [6, 6.07) is 13.4. The van der Waals surface area contributed by atoms with E-state index in [2.05, 4.69) is 5.10 Å². The van der Waals surface area contributed by atoms with Crippen LogP contribution in [0.15, 0.2) is 42.5 Å². The van der Waals surface area contributed by atoms with Gasteiger partial charge in [-0.05, 0) is 35.9 Å². The topological polar surface area (TPSA) is 47.3 Å². The number of phenolic OH excluding ortho intramolecular Hbond substituents is 1. The van der Waals surface area contributed by atoms with E-state index in [1.54, 1.807) is 10.7 Å². The lowest BCUT2D eigenvalue weighted by Crippen LogP contribution is -2.03. The number of ether oxygens (including phenoxy) is 1. The number of aromatic hydroxyl groups is 1. The fourth-order valence-corrected chi connectivity index (χ4v) is 2.27. The lowest BCUT2D eigenvalue weighted by atomic mass is 10.1. The average molecular weight is 268 g/mol. The molecule has 4 nitrogen and oxygen atoms in total. The van der Waals surface area contributed by atoms with Crippen molar-refractivity contribution in [2.24, 2.45) is 7.05 Å². The molecule has 1 N–H and O–H groups in total. The summed E-state index contributed by atoms with van der Waals surface area (Å²) in [6.45, 7) is 2.32. The van der Waals surface area contributed by atoms with Gasteiger partial charge in [0.05, 0.1) is 11.4 Å². The zero-order valence-corrected chi connectivity index (χ0v) is 11.5. The van der Waals surface area contributed by atoms with E-state index < -0.39 is 0 Å². The average Bonchev–Trinajstić information content (AvgIpc) is 2.74. The zero-order chi connectivity index (χ0) is 14.1. The molecule has 1 heterocycles. The highest BCUT2D eigenvalue weighted by atomic mass is 16.5. The Balaban J connectivity index is 1.87. The van der Waals surface area contributed by atoms with Gasteiger partial charge in [-0.2, -0.15) is 5.10 Å². The van der Waals surface area contributed by atoms with Crippen LogP contribution in [0.25, 0.3) is 10.8 Å². The van der Waals surface area contributed by atoms with E-state index in [0.717, 1.165) is 22.2 Å². The van der Waals surface area contributed by atoms with Crippen molar-refractivity contribution in [3.63, 3.8) is 0 Å². The Labute approximate surface area is 117 Å². The van der Waals surface area contributed by atoms with Gasteiger partial charge in [-0.15, -0.1) is 0 Å². The Bertz CT molecular complexity index is 762. The van der Waals surface area contributed by atoms with Crippen LogP contribution in [0.5, 0.6) is 11.5 Å². The van der Waals surface area contributed by atoms with Crippen molar-refractivity contribution >= 4 is 10.8 Å². The summed E-state index contributed by atoms with van der Waals surface area (Å²) in [5.41, 5.74) is 1.92. The Hall–Kier alpha value is -2.49. The molecule has 0 atom stereocenters. The minimum absolute atomic E-state index is 0.155. The number of benzene rings is 2. The molecule has 0 saturated carbocycles. The first kappa shape index (κ1) is 12.5. The van der Waals surface area contributed by atoms with Crippen molar-refractivity contribution in [1.82, 2.24) is 9.78 Å². The smallest absolute Gasteiger partial charge is 0.162 e. The normalized spacial score (nSPS) is 10.9. The fourth-order valence-electron chi connectivity index (χ4n) is 2.27. The molecule has 0 aliphatic carbocycles. The zero-order valence-electron chi connectivity index (χ0n) is 11.5. The van der Waals surface area contributed by atoms with Crippen LogP contribution in [0.1, 0.15) is 11.4 Å². The van der Waals surface area contributed by atoms with Gasteiger partial charge in [-0.3, -0.25) is 4.68 Å². The molecule has 3 rings (SSSR count). The first-order valence-electron chi connectivity index (χ1n) is 6.47. The van der Waals surface area contributed by atoms with Crippen LogP contribution in [0.4, 0.5) is 0 Å². The van der Waals surface area contributed by atoms with Crippen LogP contribution >= 0.6 is 0 Å². The van der Waals surface area contributed by atoms with Crippen LogP contribution in [0.3, 0.4) is 0 Å². The van der Waals surface area contributed by atoms with Crippen molar-refractivity contribution in [3.8, 4) is 11.5 Å². The molecule has 0 radical (unpaired) electrons. The van der Waals surface area contributed by atoms with E-state index in [0.29, 0.717) is 12.4 Å². The van der Waals surface area contributed by atoms with Gasteiger partial charge in [-0.25, -0.2) is 0 Å². The second-order valence-electron chi connectivity index (χ2n) is 4.86. The van der Waals surface area contributed by atoms with Gasteiger partial charge >= 0.3 is 0 Å². The summed E-state index contributed by atoms with van der Waals surface area (Å²) < 4.78 is 7.50. The second kappa shape index (κ2) is 4.89. The van der Waals surface area contributed by atoms with E-state index in [4.69, 9.17) is 4.74 Å². The lowest BCUT2D eigenvalue weighted by Gasteiger charge is -2.09. The summed E-state index contributed by atoms with van der Waals surface area (Å²) >= 11 is 0. The maximum Gasteiger partial charge on any atom is 0.162 e. The van der Waals surface area contributed by atoms with E-state index in [-0.39, 0.29) is 5.75 Å². The molecular weight excluding hydrogens is 252 g/mol. The highest BCUT2D eigenvalue weighted by molar-refractivity contribution is 5.85. The van der Waals surface area contributed by atoms with E-state index in [9.17, 15) is 5.11 Å². The minimum Gasteiger partial charge on any atom is -0.504 e. The van der Waals surface area contributed by atoms with Gasteiger partial charge in [0.25, 0.3) is 0 Å². The fraction of sp³-hybridized carbons (Fsp3) is 0.188. The molecule has 102 valence electrons. The quantitative estimate of drug-likeness (QED) is 0.793. The number of aromatic nitrogens is 2. The Morgan fingerprint density at radius 1 is 1.15 bits per heavy atom. The standard InChI is InChI=1S/C16H16N2O2/c1-11-7-14(18(2)17-11)10-20-16-9-13-6-4-3-5-12(13)8-15(16)19/h3-9,19H,10H2,1-2H3. The molecule has 2 aromatic carbocycles. The van der Waals surface area contributed by atoms with Crippen molar-refractivity contribution in [3.05, 3.63) is 53.9 Å². The number of phenols is 1. The van der Waals surface area contributed by atoms with Gasteiger partial charge in [0, 0.05) is 7.05 Å². The third-order valence-corrected chi connectivity index (χ3v) is 3.30. The minimum atomic E-state index is 0.155. The second-order valence-corrected chi connectivity index (χ2v) is 4.86. The van der Waals surface area contributed by atoms with Gasteiger partial charge in [0.2, 0.25) is 0 Å². The highest BCUT2D eigenvalue weighted by Gasteiger charge is 2.07. The number of fused-ring (bicyclic) bond motifs is 1.